The van der Waals surface area contributed by atoms with Gasteiger partial charge in [-0.2, -0.15) is 0 Å². The first-order chi connectivity index (χ1) is 20.9. The van der Waals surface area contributed by atoms with Crippen molar-refractivity contribution in [3.8, 4) is 0 Å². The number of carbonyl (C=O) groups excluding carboxylic acids is 2. The zero-order chi connectivity index (χ0) is 30.1. The molecule has 11 heteroatoms. The van der Waals surface area contributed by atoms with Gasteiger partial charge in [0, 0.05) is 40.6 Å². The normalized spacial score (nSPS) is 17.2. The van der Waals surface area contributed by atoms with E-state index in [4.69, 9.17) is 14.5 Å². The fourth-order valence-electron chi connectivity index (χ4n) is 5.61. The maximum absolute atomic E-state index is 14.1. The summed E-state index contributed by atoms with van der Waals surface area (Å²) in [6.45, 7) is 6.22. The molecule has 2 aliphatic rings. The van der Waals surface area contributed by atoms with Crippen LogP contribution < -0.4 is 14.9 Å². The molecule has 1 amide bonds. The molecule has 0 unspecified atom stereocenters. The van der Waals surface area contributed by atoms with Crippen molar-refractivity contribution in [1.29, 1.82) is 0 Å². The van der Waals surface area contributed by atoms with Crippen LogP contribution in [0.4, 0.5) is 0 Å². The standard InChI is InChI=1S/C32H32N4O5S2/c1-4-41-31(39)28-20(2)33-32-36(29(28)21-9-11-23(42-3)12-10-21)30(38)26(43-32)17-22-18-35(25-8-6-5-7-24(22)25)19-27(37)34-13-15-40-16-14-34/h5-12,17-18,29H,4,13-16,19H2,1-3H3/b26-17+/t29-/m1/s1. The fourth-order valence-corrected chi connectivity index (χ4v) is 7.06. The first-order valence-corrected chi connectivity index (χ1v) is 16.2. The molecule has 4 aromatic rings. The van der Waals surface area contributed by atoms with Crippen molar-refractivity contribution in [2.75, 3.05) is 39.2 Å². The number of aromatic nitrogens is 2. The lowest BCUT2D eigenvalue weighted by atomic mass is 9.96. The fraction of sp³-hybridized carbons (Fsp3) is 0.312. The Morgan fingerprint density at radius 2 is 1.88 bits per heavy atom. The molecule has 0 aliphatic carbocycles. The number of allylic oxidation sites excluding steroid dienone is 1. The molecule has 2 aliphatic heterocycles. The Balaban J connectivity index is 1.46. The second-order valence-electron chi connectivity index (χ2n) is 10.3. The summed E-state index contributed by atoms with van der Waals surface area (Å²) in [6, 6.07) is 15.1. The summed E-state index contributed by atoms with van der Waals surface area (Å²) >= 11 is 2.91. The molecule has 0 N–H and O–H groups in total. The lowest BCUT2D eigenvalue weighted by Gasteiger charge is -2.27. The number of benzene rings is 2. The second kappa shape index (κ2) is 12.4. The van der Waals surface area contributed by atoms with E-state index in [-0.39, 0.29) is 24.6 Å². The summed E-state index contributed by atoms with van der Waals surface area (Å²) in [6.07, 6.45) is 5.79. The number of para-hydroxylation sites is 1. The van der Waals surface area contributed by atoms with Gasteiger partial charge in [-0.15, -0.1) is 11.8 Å². The number of rotatable bonds is 7. The molecule has 9 nitrogen and oxygen atoms in total. The lowest BCUT2D eigenvalue weighted by Crippen LogP contribution is -2.42. The van der Waals surface area contributed by atoms with Crippen LogP contribution in [0.1, 0.15) is 31.0 Å². The Labute approximate surface area is 256 Å². The topological polar surface area (TPSA) is 95.1 Å². The minimum Gasteiger partial charge on any atom is -0.463 e. The van der Waals surface area contributed by atoms with Gasteiger partial charge in [0.25, 0.3) is 5.56 Å². The van der Waals surface area contributed by atoms with Crippen LogP contribution in [0.2, 0.25) is 0 Å². The van der Waals surface area contributed by atoms with E-state index in [1.165, 1.54) is 11.3 Å². The second-order valence-corrected chi connectivity index (χ2v) is 12.2. The molecule has 0 radical (unpaired) electrons. The number of hydrogen-bond donors (Lipinski definition) is 0. The Morgan fingerprint density at radius 3 is 2.60 bits per heavy atom. The van der Waals surface area contributed by atoms with Crippen LogP contribution in [-0.2, 0) is 25.6 Å². The number of thioether (sulfide) groups is 1. The smallest absolute Gasteiger partial charge is 0.338 e. The molecule has 4 heterocycles. The van der Waals surface area contributed by atoms with Gasteiger partial charge in [0.2, 0.25) is 5.91 Å². The Kier molecular flexibility index (Phi) is 8.38. The minimum absolute atomic E-state index is 0.0319. The highest BCUT2D eigenvalue weighted by molar-refractivity contribution is 7.98. The van der Waals surface area contributed by atoms with Gasteiger partial charge in [-0.25, -0.2) is 9.79 Å². The minimum atomic E-state index is -0.666. The summed E-state index contributed by atoms with van der Waals surface area (Å²) in [5.74, 6) is -0.450. The van der Waals surface area contributed by atoms with Gasteiger partial charge in [-0.05, 0) is 49.9 Å². The largest absolute Gasteiger partial charge is 0.463 e. The third kappa shape index (κ3) is 5.60. The predicted octanol–water partition coefficient (Wildman–Crippen LogP) is 3.33. The van der Waals surface area contributed by atoms with E-state index in [1.807, 2.05) is 76.5 Å². The van der Waals surface area contributed by atoms with Crippen LogP contribution in [0.3, 0.4) is 0 Å². The van der Waals surface area contributed by atoms with Gasteiger partial charge in [0.05, 0.1) is 41.7 Å². The monoisotopic (exact) mass is 616 g/mol. The molecular formula is C32H32N4O5S2. The zero-order valence-electron chi connectivity index (χ0n) is 24.2. The molecule has 1 fully saturated rings. The number of amides is 1. The van der Waals surface area contributed by atoms with Crippen LogP contribution in [0.25, 0.3) is 17.0 Å². The van der Waals surface area contributed by atoms with E-state index in [0.717, 1.165) is 26.9 Å². The van der Waals surface area contributed by atoms with E-state index < -0.39 is 12.0 Å². The molecule has 1 atom stereocenters. The Hall–Kier alpha value is -3.93. The summed E-state index contributed by atoms with van der Waals surface area (Å²) in [4.78, 5) is 48.5. The molecule has 2 aromatic heterocycles. The number of fused-ring (bicyclic) bond motifs is 2. The van der Waals surface area contributed by atoms with Crippen molar-refractivity contribution in [2.45, 2.75) is 31.3 Å². The summed E-state index contributed by atoms with van der Waals surface area (Å²) < 4.78 is 14.8. The number of morpholine rings is 1. The number of ether oxygens (including phenoxy) is 2. The van der Waals surface area contributed by atoms with E-state index in [0.29, 0.717) is 46.9 Å². The molecule has 0 bridgehead atoms. The van der Waals surface area contributed by atoms with E-state index in [1.54, 1.807) is 30.2 Å². The average molecular weight is 617 g/mol. The van der Waals surface area contributed by atoms with Crippen molar-refractivity contribution in [2.24, 2.45) is 4.99 Å². The average Bonchev–Trinajstić information content (AvgIpc) is 3.53. The van der Waals surface area contributed by atoms with Gasteiger partial charge >= 0.3 is 5.97 Å². The molecule has 6 rings (SSSR count). The van der Waals surface area contributed by atoms with Gasteiger partial charge in [-0.3, -0.25) is 14.2 Å². The summed E-state index contributed by atoms with van der Waals surface area (Å²) in [5.41, 5.74) is 3.20. The molecule has 0 saturated carbocycles. The molecule has 222 valence electrons. The third-order valence-electron chi connectivity index (χ3n) is 7.72. The van der Waals surface area contributed by atoms with Crippen molar-refractivity contribution in [1.82, 2.24) is 14.0 Å². The highest BCUT2D eigenvalue weighted by Gasteiger charge is 2.33. The van der Waals surface area contributed by atoms with Gasteiger partial charge in [0.15, 0.2) is 4.80 Å². The van der Waals surface area contributed by atoms with Crippen LogP contribution >= 0.6 is 23.1 Å². The van der Waals surface area contributed by atoms with Gasteiger partial charge < -0.3 is 18.9 Å². The molecule has 0 spiro atoms. The highest BCUT2D eigenvalue weighted by atomic mass is 32.2. The first kappa shape index (κ1) is 29.2. The van der Waals surface area contributed by atoms with Gasteiger partial charge in [-0.1, -0.05) is 41.7 Å². The number of thiazole rings is 1. The highest BCUT2D eigenvalue weighted by Crippen LogP contribution is 2.32. The number of esters is 1. The Bertz CT molecular complexity index is 1910. The van der Waals surface area contributed by atoms with Crippen LogP contribution in [0, 0.1) is 0 Å². The van der Waals surface area contributed by atoms with E-state index in [2.05, 4.69) is 0 Å². The van der Waals surface area contributed by atoms with Crippen molar-refractivity contribution in [3.63, 3.8) is 0 Å². The van der Waals surface area contributed by atoms with Crippen molar-refractivity contribution >= 4 is 52.0 Å². The maximum atomic E-state index is 14.1. The quantitative estimate of drug-likeness (QED) is 0.234. The number of hydrogen-bond acceptors (Lipinski definition) is 8. The first-order valence-electron chi connectivity index (χ1n) is 14.2. The zero-order valence-corrected chi connectivity index (χ0v) is 25.9. The molecule has 1 saturated heterocycles. The summed E-state index contributed by atoms with van der Waals surface area (Å²) in [5, 5.41) is 0.940. The van der Waals surface area contributed by atoms with Crippen LogP contribution in [0.15, 0.2) is 80.7 Å². The number of carbonyl (C=O) groups is 2. The van der Waals surface area contributed by atoms with Crippen molar-refractivity contribution < 1.29 is 19.1 Å². The SMILES string of the molecule is CCOC(=O)C1=C(C)N=c2s/c(=C/c3cn(CC(=O)N4CCOCC4)c4ccccc34)c(=O)n2[C@@H]1c1ccc(SC)cc1. The molecular weight excluding hydrogens is 585 g/mol. The van der Waals surface area contributed by atoms with Crippen LogP contribution in [-0.4, -0.2) is 65.1 Å². The number of nitrogens with zero attached hydrogens (tertiary/aromatic N) is 4. The van der Waals surface area contributed by atoms with E-state index in [9.17, 15) is 14.4 Å². The maximum Gasteiger partial charge on any atom is 0.338 e. The lowest BCUT2D eigenvalue weighted by molar-refractivity contribution is -0.139. The predicted molar refractivity (Wildman–Crippen MR) is 168 cm³/mol. The third-order valence-corrected chi connectivity index (χ3v) is 9.45. The summed E-state index contributed by atoms with van der Waals surface area (Å²) in [7, 11) is 0. The van der Waals surface area contributed by atoms with E-state index >= 15 is 0 Å². The van der Waals surface area contributed by atoms with Gasteiger partial charge in [0.1, 0.15) is 6.54 Å². The Morgan fingerprint density at radius 1 is 1.14 bits per heavy atom. The molecule has 2 aromatic carbocycles. The van der Waals surface area contributed by atoms with Crippen molar-refractivity contribution in [3.05, 3.63) is 96.8 Å². The van der Waals surface area contributed by atoms with Crippen LogP contribution in [0.5, 0.6) is 0 Å². The molecule has 43 heavy (non-hydrogen) atoms.